The molecular weight excluding hydrogens is 512 g/mol. The van der Waals surface area contributed by atoms with Crippen molar-refractivity contribution in [2.75, 3.05) is 0 Å². The van der Waals surface area contributed by atoms with Gasteiger partial charge in [-0.1, -0.05) is 115 Å². The summed E-state index contributed by atoms with van der Waals surface area (Å²) in [5.41, 5.74) is 9.92. The third-order valence-electron chi connectivity index (χ3n) is 7.72. The molecule has 0 aliphatic rings. The summed E-state index contributed by atoms with van der Waals surface area (Å²) >= 11 is 0. The number of nitrogens with zero attached hydrogens (tertiary/aromatic N) is 4. The third kappa shape index (κ3) is 4.27. The number of pyridine rings is 2. The fourth-order valence-electron chi connectivity index (χ4n) is 5.58. The Morgan fingerprint density at radius 2 is 1.10 bits per heavy atom. The Bertz CT molecular complexity index is 2240. The van der Waals surface area contributed by atoms with E-state index in [1.54, 1.807) is 0 Å². The largest absolute Gasteiger partial charge is 0.254 e. The smallest absolute Gasteiger partial charge is 0.160 e. The lowest BCUT2D eigenvalue weighted by Gasteiger charge is -2.11. The van der Waals surface area contributed by atoms with Gasteiger partial charge < -0.3 is 0 Å². The molecule has 0 atom stereocenters. The van der Waals surface area contributed by atoms with Crippen molar-refractivity contribution >= 4 is 32.7 Å². The molecule has 0 fully saturated rings. The minimum Gasteiger partial charge on any atom is -0.254 e. The van der Waals surface area contributed by atoms with Gasteiger partial charge >= 0.3 is 0 Å². The molecule has 0 amide bonds. The summed E-state index contributed by atoms with van der Waals surface area (Å²) in [5.74, 6) is 0.704. The van der Waals surface area contributed by atoms with Crippen LogP contribution in [0.1, 0.15) is 0 Å². The van der Waals surface area contributed by atoms with Crippen molar-refractivity contribution in [1.29, 1.82) is 0 Å². The molecule has 4 nitrogen and oxygen atoms in total. The number of hydrogen-bond donors (Lipinski definition) is 0. The standard InChI is InChI=1S/C38H24N4/c1-2-8-25(9-3-1)26-15-19-29(20-16-26)38-41-34-14-5-4-13-32(34)35(42-38)31-11-6-10-30(24-31)33-22-21-28-18-17-27-12-7-23-39-36(27)37(28)40-33/h1-24H. The molecule has 0 unspecified atom stereocenters. The van der Waals surface area contributed by atoms with Crippen molar-refractivity contribution in [2.24, 2.45) is 0 Å². The molecular formula is C38H24N4. The summed E-state index contributed by atoms with van der Waals surface area (Å²) in [5, 5.41) is 3.17. The monoisotopic (exact) mass is 536 g/mol. The maximum atomic E-state index is 5.13. The molecule has 3 aromatic heterocycles. The van der Waals surface area contributed by atoms with E-state index in [1.165, 1.54) is 11.1 Å². The normalized spacial score (nSPS) is 11.3. The SMILES string of the molecule is c1ccc(-c2ccc(-c3nc(-c4cccc(-c5ccc6ccc7cccnc7c6n5)c4)c4ccccc4n3)cc2)cc1. The van der Waals surface area contributed by atoms with Crippen molar-refractivity contribution in [3.05, 3.63) is 146 Å². The molecule has 0 aliphatic heterocycles. The fraction of sp³-hybridized carbons (Fsp3) is 0. The highest BCUT2D eigenvalue weighted by Gasteiger charge is 2.13. The molecule has 3 heterocycles. The molecule has 8 rings (SSSR count). The Labute approximate surface area is 243 Å². The molecule has 8 aromatic rings. The van der Waals surface area contributed by atoms with Gasteiger partial charge in [-0.2, -0.15) is 0 Å². The highest BCUT2D eigenvalue weighted by molar-refractivity contribution is 6.03. The highest BCUT2D eigenvalue weighted by atomic mass is 14.9. The number of rotatable bonds is 4. The summed E-state index contributed by atoms with van der Waals surface area (Å²) in [6.07, 6.45) is 1.82. The van der Waals surface area contributed by atoms with Crippen molar-refractivity contribution in [3.8, 4) is 45.0 Å². The van der Waals surface area contributed by atoms with Crippen LogP contribution in [0, 0.1) is 0 Å². The number of fused-ring (bicyclic) bond motifs is 4. The Morgan fingerprint density at radius 3 is 1.98 bits per heavy atom. The van der Waals surface area contributed by atoms with Gasteiger partial charge in [0, 0.05) is 39.0 Å². The summed E-state index contributed by atoms with van der Waals surface area (Å²) in [6, 6.07) is 47.9. The second-order valence-electron chi connectivity index (χ2n) is 10.3. The van der Waals surface area contributed by atoms with E-state index < -0.39 is 0 Å². The van der Waals surface area contributed by atoms with E-state index in [0.29, 0.717) is 5.82 Å². The molecule has 5 aromatic carbocycles. The molecule has 0 saturated heterocycles. The molecule has 0 aliphatic carbocycles. The number of para-hydroxylation sites is 1. The Balaban J connectivity index is 1.24. The van der Waals surface area contributed by atoms with Crippen molar-refractivity contribution in [3.63, 3.8) is 0 Å². The lowest BCUT2D eigenvalue weighted by atomic mass is 10.0. The maximum Gasteiger partial charge on any atom is 0.160 e. The average Bonchev–Trinajstić information content (AvgIpc) is 3.08. The van der Waals surface area contributed by atoms with Gasteiger partial charge in [0.25, 0.3) is 0 Å². The Hall–Kier alpha value is -5.74. The van der Waals surface area contributed by atoms with E-state index >= 15 is 0 Å². The first kappa shape index (κ1) is 24.1. The molecule has 0 saturated carbocycles. The summed E-state index contributed by atoms with van der Waals surface area (Å²) in [7, 11) is 0. The van der Waals surface area contributed by atoms with Gasteiger partial charge in [-0.3, -0.25) is 4.98 Å². The van der Waals surface area contributed by atoms with E-state index in [0.717, 1.165) is 60.8 Å². The lowest BCUT2D eigenvalue weighted by molar-refractivity contribution is 1.23. The fourth-order valence-corrected chi connectivity index (χ4v) is 5.58. The molecule has 0 N–H and O–H groups in total. The number of aromatic nitrogens is 4. The summed E-state index contributed by atoms with van der Waals surface area (Å²) < 4.78 is 0. The van der Waals surface area contributed by atoms with Gasteiger partial charge in [-0.15, -0.1) is 0 Å². The second-order valence-corrected chi connectivity index (χ2v) is 10.3. The van der Waals surface area contributed by atoms with Crippen LogP contribution in [0.4, 0.5) is 0 Å². The van der Waals surface area contributed by atoms with Gasteiger partial charge in [0.15, 0.2) is 5.82 Å². The zero-order valence-corrected chi connectivity index (χ0v) is 22.6. The van der Waals surface area contributed by atoms with Crippen LogP contribution in [-0.4, -0.2) is 19.9 Å². The van der Waals surface area contributed by atoms with Crippen LogP contribution >= 0.6 is 0 Å². The zero-order chi connectivity index (χ0) is 27.9. The van der Waals surface area contributed by atoms with Crippen molar-refractivity contribution < 1.29 is 0 Å². The van der Waals surface area contributed by atoms with Crippen LogP contribution in [0.15, 0.2) is 146 Å². The van der Waals surface area contributed by atoms with E-state index in [2.05, 4.69) is 120 Å². The van der Waals surface area contributed by atoms with Crippen molar-refractivity contribution in [2.45, 2.75) is 0 Å². The number of hydrogen-bond acceptors (Lipinski definition) is 4. The molecule has 196 valence electrons. The Kier molecular flexibility index (Phi) is 5.75. The third-order valence-corrected chi connectivity index (χ3v) is 7.72. The maximum absolute atomic E-state index is 5.13. The number of benzene rings is 5. The van der Waals surface area contributed by atoms with Gasteiger partial charge in [0.05, 0.1) is 27.9 Å². The van der Waals surface area contributed by atoms with E-state index in [4.69, 9.17) is 15.0 Å². The highest BCUT2D eigenvalue weighted by Crippen LogP contribution is 2.33. The summed E-state index contributed by atoms with van der Waals surface area (Å²) in [4.78, 5) is 19.8. The minimum absolute atomic E-state index is 0.704. The molecule has 42 heavy (non-hydrogen) atoms. The van der Waals surface area contributed by atoms with Gasteiger partial charge in [-0.05, 0) is 35.4 Å². The van der Waals surface area contributed by atoms with E-state index in [1.807, 2.05) is 30.5 Å². The van der Waals surface area contributed by atoms with Crippen LogP contribution in [0.5, 0.6) is 0 Å². The first-order chi connectivity index (χ1) is 20.8. The van der Waals surface area contributed by atoms with E-state index in [9.17, 15) is 0 Å². The lowest BCUT2D eigenvalue weighted by Crippen LogP contribution is -1.95. The molecule has 0 radical (unpaired) electrons. The van der Waals surface area contributed by atoms with Crippen LogP contribution in [0.3, 0.4) is 0 Å². The topological polar surface area (TPSA) is 51.6 Å². The first-order valence-corrected chi connectivity index (χ1v) is 14.0. The Morgan fingerprint density at radius 1 is 0.405 bits per heavy atom. The average molecular weight is 537 g/mol. The second kappa shape index (κ2) is 10.0. The molecule has 0 bridgehead atoms. The van der Waals surface area contributed by atoms with Crippen LogP contribution < -0.4 is 0 Å². The van der Waals surface area contributed by atoms with Crippen LogP contribution in [0.2, 0.25) is 0 Å². The van der Waals surface area contributed by atoms with Crippen LogP contribution in [0.25, 0.3) is 77.7 Å². The zero-order valence-electron chi connectivity index (χ0n) is 22.6. The molecule has 4 heteroatoms. The predicted molar refractivity (Wildman–Crippen MR) is 172 cm³/mol. The molecule has 0 spiro atoms. The first-order valence-electron chi connectivity index (χ1n) is 14.0. The summed E-state index contributed by atoms with van der Waals surface area (Å²) in [6.45, 7) is 0. The quantitative estimate of drug-likeness (QED) is 0.210. The van der Waals surface area contributed by atoms with Crippen molar-refractivity contribution in [1.82, 2.24) is 19.9 Å². The minimum atomic E-state index is 0.704. The van der Waals surface area contributed by atoms with E-state index in [-0.39, 0.29) is 0 Å². The van der Waals surface area contributed by atoms with Gasteiger partial charge in [0.2, 0.25) is 0 Å². The van der Waals surface area contributed by atoms with Gasteiger partial charge in [0.1, 0.15) is 0 Å². The predicted octanol–water partition coefficient (Wildman–Crippen LogP) is 9.39. The van der Waals surface area contributed by atoms with Gasteiger partial charge in [-0.25, -0.2) is 15.0 Å². The van der Waals surface area contributed by atoms with Crippen LogP contribution in [-0.2, 0) is 0 Å².